The lowest BCUT2D eigenvalue weighted by Crippen LogP contribution is -2.02. The number of methoxy groups -OCH3 is 1. The van der Waals surface area contributed by atoms with Crippen molar-refractivity contribution in [3.05, 3.63) is 29.8 Å². The largest absolute Gasteiger partial charge is 0.497 e. The maximum atomic E-state index is 11.1. The molecule has 1 N–H and O–H groups in total. The Morgan fingerprint density at radius 2 is 2.22 bits per heavy atom. The van der Waals surface area contributed by atoms with Crippen LogP contribution in [0.4, 0.5) is 0 Å². The van der Waals surface area contributed by atoms with Crippen molar-refractivity contribution < 1.29 is 14.6 Å². The second-order valence-electron chi connectivity index (χ2n) is 3.70. The second kappa shape index (κ2) is 3.66. The Balaban J connectivity index is 2.47. The van der Waals surface area contributed by atoms with Crippen LogP contribution in [0, 0.1) is 0 Å². The number of rotatable bonds is 2. The molecule has 0 aliphatic heterocycles. The molecule has 0 fully saturated rings. The number of aromatic nitrogens is 4. The zero-order valence-electron chi connectivity index (χ0n) is 9.36. The first-order valence-corrected chi connectivity index (χ1v) is 5.13. The van der Waals surface area contributed by atoms with E-state index in [1.165, 1.54) is 4.52 Å². The van der Waals surface area contributed by atoms with Gasteiger partial charge in [0, 0.05) is 11.5 Å². The number of benzene rings is 1. The average molecular weight is 244 g/mol. The highest BCUT2D eigenvalue weighted by molar-refractivity contribution is 5.99. The minimum atomic E-state index is -1.06. The van der Waals surface area contributed by atoms with Gasteiger partial charge < -0.3 is 9.84 Å². The van der Waals surface area contributed by atoms with Gasteiger partial charge in [-0.3, -0.25) is 0 Å². The molecular weight excluding hydrogens is 236 g/mol. The van der Waals surface area contributed by atoms with Crippen LogP contribution in [0.2, 0.25) is 0 Å². The zero-order valence-corrected chi connectivity index (χ0v) is 9.36. The summed E-state index contributed by atoms with van der Waals surface area (Å²) in [5.74, 6) is -0.408. The Hall–Kier alpha value is -2.70. The molecule has 0 saturated carbocycles. The Kier molecular flexibility index (Phi) is 2.12. The topological polar surface area (TPSA) is 89.6 Å². The molecule has 2 aromatic heterocycles. The van der Waals surface area contributed by atoms with Crippen LogP contribution in [0.1, 0.15) is 10.4 Å². The van der Waals surface area contributed by atoms with Gasteiger partial charge in [-0.2, -0.15) is 4.52 Å². The number of hydrogen-bond donors (Lipinski definition) is 1. The molecule has 1 aromatic carbocycles. The van der Waals surface area contributed by atoms with E-state index in [-0.39, 0.29) is 11.2 Å². The third-order valence-corrected chi connectivity index (χ3v) is 2.71. The van der Waals surface area contributed by atoms with Gasteiger partial charge in [-0.25, -0.2) is 4.79 Å². The molecule has 3 rings (SSSR count). The molecule has 0 aliphatic rings. The Labute approximate surface area is 101 Å². The van der Waals surface area contributed by atoms with Gasteiger partial charge in [-0.05, 0) is 28.6 Å². The summed E-state index contributed by atoms with van der Waals surface area (Å²) in [6.07, 6.45) is 0. The van der Waals surface area contributed by atoms with Crippen LogP contribution in [-0.2, 0) is 0 Å². The maximum Gasteiger partial charge on any atom is 0.339 e. The van der Waals surface area contributed by atoms with Gasteiger partial charge in [0.15, 0.2) is 5.65 Å². The fourth-order valence-electron chi connectivity index (χ4n) is 1.85. The summed E-state index contributed by atoms with van der Waals surface area (Å²) in [6.45, 7) is 0. The molecule has 0 spiro atoms. The minimum Gasteiger partial charge on any atom is -0.497 e. The summed E-state index contributed by atoms with van der Waals surface area (Å²) in [6, 6.07) is 6.82. The van der Waals surface area contributed by atoms with Gasteiger partial charge in [0.05, 0.1) is 12.6 Å². The van der Waals surface area contributed by atoms with E-state index >= 15 is 0 Å². The van der Waals surface area contributed by atoms with Gasteiger partial charge in [-0.15, -0.1) is 5.10 Å². The number of aromatic carboxylic acids is 1. The maximum absolute atomic E-state index is 11.1. The standard InChI is InChI=1S/C11H8N4O3/c1-18-7-3-2-6-4-8(11(16)17)10-12-13-14-15(10)9(6)5-7/h2-5H,1H3,(H,16,17). The predicted molar refractivity (Wildman–Crippen MR) is 61.8 cm³/mol. The Morgan fingerprint density at radius 1 is 1.39 bits per heavy atom. The van der Waals surface area contributed by atoms with Crippen molar-refractivity contribution in [1.29, 1.82) is 0 Å². The van der Waals surface area contributed by atoms with Crippen molar-refractivity contribution in [3.63, 3.8) is 0 Å². The third-order valence-electron chi connectivity index (χ3n) is 2.71. The number of carboxylic acid groups (broad SMARTS) is 1. The van der Waals surface area contributed by atoms with E-state index in [0.29, 0.717) is 11.3 Å². The first kappa shape index (κ1) is 10.5. The number of fused-ring (bicyclic) bond motifs is 3. The van der Waals surface area contributed by atoms with E-state index in [4.69, 9.17) is 9.84 Å². The number of pyridine rings is 1. The Bertz CT molecular complexity index is 765. The molecule has 0 amide bonds. The van der Waals surface area contributed by atoms with Crippen molar-refractivity contribution in [3.8, 4) is 5.75 Å². The molecule has 0 bridgehead atoms. The third kappa shape index (κ3) is 1.37. The SMILES string of the molecule is COc1ccc2cc(C(=O)O)c3nnnn3c2c1. The fraction of sp³-hybridized carbons (Fsp3) is 0.0909. The molecule has 0 saturated heterocycles. The summed E-state index contributed by atoms with van der Waals surface area (Å²) in [4.78, 5) is 11.1. The smallest absolute Gasteiger partial charge is 0.339 e. The second-order valence-corrected chi connectivity index (χ2v) is 3.70. The first-order chi connectivity index (χ1) is 8.70. The highest BCUT2D eigenvalue weighted by Gasteiger charge is 2.15. The lowest BCUT2D eigenvalue weighted by Gasteiger charge is -2.05. The van der Waals surface area contributed by atoms with Gasteiger partial charge in [-0.1, -0.05) is 0 Å². The molecule has 0 atom stereocenters. The first-order valence-electron chi connectivity index (χ1n) is 5.13. The van der Waals surface area contributed by atoms with Gasteiger partial charge in [0.2, 0.25) is 0 Å². The summed E-state index contributed by atoms with van der Waals surface area (Å²) in [7, 11) is 1.56. The number of nitrogens with zero attached hydrogens (tertiary/aromatic N) is 4. The van der Waals surface area contributed by atoms with Crippen molar-refractivity contribution >= 4 is 22.5 Å². The van der Waals surface area contributed by atoms with Crippen LogP contribution in [0.25, 0.3) is 16.6 Å². The van der Waals surface area contributed by atoms with E-state index in [9.17, 15) is 4.79 Å². The highest BCUT2D eigenvalue weighted by atomic mass is 16.5. The molecule has 90 valence electrons. The number of ether oxygens (including phenoxy) is 1. The Morgan fingerprint density at radius 3 is 2.94 bits per heavy atom. The molecule has 0 unspecified atom stereocenters. The zero-order chi connectivity index (χ0) is 12.7. The minimum absolute atomic E-state index is 0.0673. The van der Waals surface area contributed by atoms with Gasteiger partial charge in [0.25, 0.3) is 0 Å². The van der Waals surface area contributed by atoms with E-state index in [1.807, 2.05) is 0 Å². The normalized spacial score (nSPS) is 10.9. The molecule has 7 nitrogen and oxygen atoms in total. The number of carbonyl (C=O) groups is 1. The quantitative estimate of drug-likeness (QED) is 0.722. The van der Waals surface area contributed by atoms with E-state index in [1.54, 1.807) is 31.4 Å². The molecule has 18 heavy (non-hydrogen) atoms. The molecule has 7 heteroatoms. The van der Waals surface area contributed by atoms with Crippen molar-refractivity contribution in [1.82, 2.24) is 20.0 Å². The monoisotopic (exact) mass is 244 g/mol. The van der Waals surface area contributed by atoms with Crippen LogP contribution in [-0.4, -0.2) is 38.2 Å². The lowest BCUT2D eigenvalue weighted by atomic mass is 10.1. The molecule has 0 radical (unpaired) electrons. The predicted octanol–water partition coefficient (Wildman–Crippen LogP) is 0.984. The molecule has 3 aromatic rings. The summed E-state index contributed by atoms with van der Waals surface area (Å²) in [5.41, 5.74) is 0.972. The van der Waals surface area contributed by atoms with E-state index in [0.717, 1.165) is 5.39 Å². The van der Waals surface area contributed by atoms with Gasteiger partial charge in [0.1, 0.15) is 11.3 Å². The fourth-order valence-corrected chi connectivity index (χ4v) is 1.85. The van der Waals surface area contributed by atoms with Gasteiger partial charge >= 0.3 is 5.97 Å². The molecule has 2 heterocycles. The van der Waals surface area contributed by atoms with Crippen LogP contribution < -0.4 is 4.74 Å². The van der Waals surface area contributed by atoms with E-state index < -0.39 is 5.97 Å². The molecular formula is C11H8N4O3. The van der Waals surface area contributed by atoms with Crippen LogP contribution >= 0.6 is 0 Å². The van der Waals surface area contributed by atoms with Crippen molar-refractivity contribution in [2.45, 2.75) is 0 Å². The molecule has 0 aliphatic carbocycles. The number of tetrazole rings is 1. The number of carboxylic acids is 1. The van der Waals surface area contributed by atoms with Crippen LogP contribution in [0.3, 0.4) is 0 Å². The average Bonchev–Trinajstić information content (AvgIpc) is 2.86. The van der Waals surface area contributed by atoms with Crippen LogP contribution in [0.5, 0.6) is 5.75 Å². The van der Waals surface area contributed by atoms with Crippen molar-refractivity contribution in [2.75, 3.05) is 7.11 Å². The van der Waals surface area contributed by atoms with Crippen molar-refractivity contribution in [2.24, 2.45) is 0 Å². The summed E-state index contributed by atoms with van der Waals surface area (Å²) < 4.78 is 6.52. The number of hydrogen-bond acceptors (Lipinski definition) is 5. The van der Waals surface area contributed by atoms with Crippen LogP contribution in [0.15, 0.2) is 24.3 Å². The highest BCUT2D eigenvalue weighted by Crippen LogP contribution is 2.23. The lowest BCUT2D eigenvalue weighted by molar-refractivity contribution is 0.0698. The summed E-state index contributed by atoms with van der Waals surface area (Å²) >= 11 is 0. The van der Waals surface area contributed by atoms with E-state index in [2.05, 4.69) is 15.5 Å². The summed E-state index contributed by atoms with van der Waals surface area (Å²) in [5, 5.41) is 20.9.